The van der Waals surface area contributed by atoms with Crippen molar-refractivity contribution < 1.29 is 9.59 Å². The van der Waals surface area contributed by atoms with Gasteiger partial charge in [0.15, 0.2) is 0 Å². The topological polar surface area (TPSA) is 106 Å². The number of para-hydroxylation sites is 3. The molecule has 0 radical (unpaired) electrons. The van der Waals surface area contributed by atoms with E-state index in [1.807, 2.05) is 92.2 Å². The second-order valence-electron chi connectivity index (χ2n) is 12.6. The van der Waals surface area contributed by atoms with E-state index in [9.17, 15) is 9.59 Å². The number of rotatable bonds is 15. The Hall–Kier alpha value is -4.78. The first-order valence-electron chi connectivity index (χ1n) is 16.8. The van der Waals surface area contributed by atoms with Gasteiger partial charge in [-0.3, -0.25) is 9.59 Å². The third kappa shape index (κ3) is 6.32. The van der Waals surface area contributed by atoms with Gasteiger partial charge in [0.1, 0.15) is 11.5 Å². The fourth-order valence-corrected chi connectivity index (χ4v) is 6.81. The first kappa shape index (κ1) is 31.2. The highest BCUT2D eigenvalue weighted by atomic mass is 16.2. The maximum atomic E-state index is 14.8. The van der Waals surface area contributed by atoms with Gasteiger partial charge < -0.3 is 25.6 Å². The van der Waals surface area contributed by atoms with Crippen LogP contribution in [0.15, 0.2) is 91.4 Å². The molecule has 2 amide bonds. The molecule has 1 atom stereocenters. The van der Waals surface area contributed by atoms with Crippen LogP contribution >= 0.6 is 0 Å². The van der Waals surface area contributed by atoms with Gasteiger partial charge in [0, 0.05) is 64.3 Å². The highest BCUT2D eigenvalue weighted by Gasteiger charge is 2.42. The molecular formula is C39H45N5O2. The largest absolute Gasteiger partial charge is 0.361 e. The molecule has 3 aromatic heterocycles. The second-order valence-corrected chi connectivity index (χ2v) is 12.6. The fraction of sp³-hybridized carbons (Fsp3) is 0.333. The average Bonchev–Trinajstić information content (AvgIpc) is 3.83. The maximum absolute atomic E-state index is 14.8. The van der Waals surface area contributed by atoms with Gasteiger partial charge >= 0.3 is 0 Å². The molecule has 0 unspecified atom stereocenters. The summed E-state index contributed by atoms with van der Waals surface area (Å²) in [4.78, 5) is 38.8. The standard InChI is InChI=1S/C39H45N5O2/c1-3-4-5-6-7-8-15-22-40-37(45)36(23-27-24-41-33-19-12-9-16-28(27)33)44-38(46)39(2,31-25-42-34-20-13-10-17-29(31)34)32-26-43-35-21-14-11-18-30(32)35/h9-14,16-21,24-26,36,41-43H,3-8,15,22-23H2,1-2H3,(H,40,45)(H,44,46)/t36-/m0/s1. The molecule has 0 fully saturated rings. The first-order valence-corrected chi connectivity index (χ1v) is 16.8. The minimum atomic E-state index is -1.10. The third-order valence-corrected chi connectivity index (χ3v) is 9.51. The Morgan fingerprint density at radius 1 is 0.674 bits per heavy atom. The maximum Gasteiger partial charge on any atom is 0.242 e. The Morgan fingerprint density at radius 2 is 1.17 bits per heavy atom. The van der Waals surface area contributed by atoms with Crippen LogP contribution in [0.3, 0.4) is 0 Å². The number of amides is 2. The van der Waals surface area contributed by atoms with Crippen molar-refractivity contribution in [1.29, 1.82) is 0 Å². The molecule has 3 aromatic carbocycles. The van der Waals surface area contributed by atoms with Gasteiger partial charge in [-0.1, -0.05) is 100 Å². The van der Waals surface area contributed by atoms with Crippen molar-refractivity contribution >= 4 is 44.5 Å². The van der Waals surface area contributed by atoms with Gasteiger partial charge in [-0.25, -0.2) is 0 Å². The number of aromatic nitrogens is 3. The van der Waals surface area contributed by atoms with Crippen LogP contribution in [0.2, 0.25) is 0 Å². The van der Waals surface area contributed by atoms with Crippen LogP contribution in [0.1, 0.15) is 75.5 Å². The van der Waals surface area contributed by atoms with Crippen molar-refractivity contribution in [3.05, 3.63) is 108 Å². The summed E-state index contributed by atoms with van der Waals surface area (Å²) in [6, 6.07) is 23.4. The highest BCUT2D eigenvalue weighted by Crippen LogP contribution is 2.40. The Labute approximate surface area is 270 Å². The predicted octanol–water partition coefficient (Wildman–Crippen LogP) is 8.03. The highest BCUT2D eigenvalue weighted by molar-refractivity contribution is 6.03. The number of hydrogen-bond donors (Lipinski definition) is 5. The minimum Gasteiger partial charge on any atom is -0.361 e. The molecule has 0 aliphatic rings. The van der Waals surface area contributed by atoms with E-state index >= 15 is 0 Å². The molecule has 0 aliphatic carbocycles. The average molecular weight is 616 g/mol. The van der Waals surface area contributed by atoms with Crippen LogP contribution in [0.25, 0.3) is 32.7 Å². The summed E-state index contributed by atoms with van der Waals surface area (Å²) in [7, 11) is 0. The summed E-state index contributed by atoms with van der Waals surface area (Å²) in [5, 5.41) is 9.41. The number of carbonyl (C=O) groups excluding carboxylic acids is 2. The molecule has 0 saturated carbocycles. The van der Waals surface area contributed by atoms with E-state index in [2.05, 4.69) is 38.6 Å². The Balaban J connectivity index is 1.30. The lowest BCUT2D eigenvalue weighted by atomic mass is 9.75. The van der Waals surface area contributed by atoms with E-state index in [1.54, 1.807) is 0 Å². The summed E-state index contributed by atoms with van der Waals surface area (Å²) in [5.41, 5.74) is 4.54. The van der Waals surface area contributed by atoms with Crippen LogP contribution in [0.4, 0.5) is 0 Å². The Kier molecular flexibility index (Phi) is 9.57. The smallest absolute Gasteiger partial charge is 0.242 e. The lowest BCUT2D eigenvalue weighted by Crippen LogP contribution is -2.53. The number of fused-ring (bicyclic) bond motifs is 3. The number of hydrogen-bond acceptors (Lipinski definition) is 2. The molecule has 0 bridgehead atoms. The van der Waals surface area contributed by atoms with E-state index in [4.69, 9.17) is 0 Å². The molecule has 7 nitrogen and oxygen atoms in total. The van der Waals surface area contributed by atoms with Crippen molar-refractivity contribution in [2.75, 3.05) is 6.54 Å². The summed E-state index contributed by atoms with van der Waals surface area (Å²) in [5.74, 6) is -0.386. The molecule has 0 aliphatic heterocycles. The molecule has 3 heterocycles. The van der Waals surface area contributed by atoms with Crippen LogP contribution in [0, 0.1) is 0 Å². The van der Waals surface area contributed by atoms with Crippen molar-refractivity contribution in [3.8, 4) is 0 Å². The zero-order valence-electron chi connectivity index (χ0n) is 26.9. The molecule has 238 valence electrons. The normalized spacial score (nSPS) is 12.6. The number of nitrogens with one attached hydrogen (secondary N) is 5. The SMILES string of the molecule is CCCCCCCCCNC(=O)[C@H](Cc1c[nH]c2ccccc12)NC(=O)C(C)(c1c[nH]c2ccccc12)c1c[nH]c2ccccc12. The summed E-state index contributed by atoms with van der Waals surface area (Å²) in [6.45, 7) is 4.78. The van der Waals surface area contributed by atoms with E-state index in [1.165, 1.54) is 32.1 Å². The van der Waals surface area contributed by atoms with Crippen LogP contribution in [-0.2, 0) is 21.4 Å². The van der Waals surface area contributed by atoms with Crippen molar-refractivity contribution in [1.82, 2.24) is 25.6 Å². The van der Waals surface area contributed by atoms with Crippen molar-refractivity contribution in [3.63, 3.8) is 0 Å². The molecule has 6 aromatic rings. The van der Waals surface area contributed by atoms with Crippen LogP contribution in [-0.4, -0.2) is 39.4 Å². The quantitative estimate of drug-likeness (QED) is 0.0755. The zero-order valence-corrected chi connectivity index (χ0v) is 26.9. The lowest BCUT2D eigenvalue weighted by molar-refractivity contribution is -0.131. The molecule has 5 N–H and O–H groups in total. The number of H-pyrrole nitrogens is 3. The van der Waals surface area contributed by atoms with E-state index in [-0.39, 0.29) is 11.8 Å². The third-order valence-electron chi connectivity index (χ3n) is 9.51. The van der Waals surface area contributed by atoms with Gasteiger partial charge in [0.25, 0.3) is 0 Å². The van der Waals surface area contributed by atoms with Gasteiger partial charge in [0.2, 0.25) is 11.8 Å². The van der Waals surface area contributed by atoms with Crippen LogP contribution < -0.4 is 10.6 Å². The van der Waals surface area contributed by atoms with Gasteiger partial charge in [0.05, 0.1) is 0 Å². The summed E-state index contributed by atoms with van der Waals surface area (Å²) >= 11 is 0. The number of unbranched alkanes of at least 4 members (excludes halogenated alkanes) is 6. The Bertz CT molecular complexity index is 1850. The monoisotopic (exact) mass is 615 g/mol. The molecule has 0 saturated heterocycles. The van der Waals surface area contributed by atoms with Crippen molar-refractivity contribution in [2.45, 2.75) is 76.7 Å². The molecule has 6 rings (SSSR count). The Morgan fingerprint density at radius 3 is 1.78 bits per heavy atom. The number of aromatic amines is 3. The number of carbonyl (C=O) groups is 2. The van der Waals surface area contributed by atoms with Gasteiger partial charge in [-0.2, -0.15) is 0 Å². The fourth-order valence-electron chi connectivity index (χ4n) is 6.81. The van der Waals surface area contributed by atoms with E-state index in [0.717, 1.165) is 62.2 Å². The van der Waals surface area contributed by atoms with Gasteiger partial charge in [-0.15, -0.1) is 0 Å². The molecule has 7 heteroatoms. The van der Waals surface area contributed by atoms with Gasteiger partial charge in [-0.05, 0) is 48.2 Å². The lowest BCUT2D eigenvalue weighted by Gasteiger charge is -2.31. The molecular weight excluding hydrogens is 570 g/mol. The van der Waals surface area contributed by atoms with Crippen LogP contribution in [0.5, 0.6) is 0 Å². The summed E-state index contributed by atoms with van der Waals surface area (Å²) < 4.78 is 0. The first-order chi connectivity index (χ1) is 22.5. The second kappa shape index (κ2) is 14.1. The summed E-state index contributed by atoms with van der Waals surface area (Å²) in [6.07, 6.45) is 14.4. The minimum absolute atomic E-state index is 0.162. The van der Waals surface area contributed by atoms with E-state index in [0.29, 0.717) is 13.0 Å². The zero-order chi connectivity index (χ0) is 31.9. The van der Waals surface area contributed by atoms with E-state index < -0.39 is 11.5 Å². The molecule has 0 spiro atoms. The van der Waals surface area contributed by atoms with Crippen molar-refractivity contribution in [2.24, 2.45) is 0 Å². The number of benzene rings is 3. The predicted molar refractivity (Wildman–Crippen MR) is 188 cm³/mol. The molecule has 46 heavy (non-hydrogen) atoms.